The number of aliphatic hydroxyl groups is 1. The maximum absolute atomic E-state index is 9.48. The van der Waals surface area contributed by atoms with Gasteiger partial charge in [-0.15, -0.1) is 0 Å². The number of hydrogen-bond donors (Lipinski definition) is 3. The fourth-order valence-corrected chi connectivity index (χ4v) is 2.48. The standard InChI is InChI=1S/C14H21NO3/c16-7-9-18-8-6-15-14-3-1-2-11-10-12(17)4-5-13(11)14/h4-5,10,14-17H,1-3,6-9H2. The van der Waals surface area contributed by atoms with E-state index in [0.717, 1.165) is 25.8 Å². The molecule has 1 unspecified atom stereocenters. The summed E-state index contributed by atoms with van der Waals surface area (Å²) in [4.78, 5) is 0. The van der Waals surface area contributed by atoms with Crippen LogP contribution in [0, 0.1) is 0 Å². The van der Waals surface area contributed by atoms with Gasteiger partial charge in [-0.05, 0) is 42.5 Å². The largest absolute Gasteiger partial charge is 0.508 e. The highest BCUT2D eigenvalue weighted by molar-refractivity contribution is 5.38. The first kappa shape index (κ1) is 13.3. The summed E-state index contributed by atoms with van der Waals surface area (Å²) in [5.74, 6) is 0.348. The monoisotopic (exact) mass is 251 g/mol. The van der Waals surface area contributed by atoms with E-state index in [1.54, 1.807) is 6.07 Å². The van der Waals surface area contributed by atoms with Gasteiger partial charge in [0.2, 0.25) is 0 Å². The quantitative estimate of drug-likeness (QED) is 0.668. The average molecular weight is 251 g/mol. The van der Waals surface area contributed by atoms with Crippen LogP contribution in [-0.2, 0) is 11.2 Å². The molecule has 0 bridgehead atoms. The lowest BCUT2D eigenvalue weighted by Gasteiger charge is -2.26. The number of fused-ring (bicyclic) bond motifs is 1. The first-order valence-corrected chi connectivity index (χ1v) is 6.55. The maximum atomic E-state index is 9.48. The summed E-state index contributed by atoms with van der Waals surface area (Å²) in [6, 6.07) is 5.98. The maximum Gasteiger partial charge on any atom is 0.115 e. The highest BCUT2D eigenvalue weighted by Gasteiger charge is 2.19. The zero-order valence-corrected chi connectivity index (χ0v) is 10.6. The van der Waals surface area contributed by atoms with Crippen LogP contribution in [0.15, 0.2) is 18.2 Å². The predicted octanol–water partition coefficient (Wildman–Crippen LogP) is 1.37. The zero-order chi connectivity index (χ0) is 12.8. The number of ether oxygens (including phenoxy) is 1. The lowest BCUT2D eigenvalue weighted by Crippen LogP contribution is -2.28. The van der Waals surface area contributed by atoms with Crippen molar-refractivity contribution in [1.82, 2.24) is 5.32 Å². The number of phenols is 1. The van der Waals surface area contributed by atoms with Crippen molar-refractivity contribution in [3.8, 4) is 5.75 Å². The Morgan fingerprint density at radius 2 is 2.22 bits per heavy atom. The van der Waals surface area contributed by atoms with Crippen molar-refractivity contribution in [1.29, 1.82) is 0 Å². The van der Waals surface area contributed by atoms with E-state index in [1.807, 2.05) is 12.1 Å². The van der Waals surface area contributed by atoms with Crippen molar-refractivity contribution in [2.75, 3.05) is 26.4 Å². The van der Waals surface area contributed by atoms with Crippen LogP contribution in [0.4, 0.5) is 0 Å². The molecule has 4 heteroatoms. The van der Waals surface area contributed by atoms with Crippen LogP contribution in [0.5, 0.6) is 5.75 Å². The van der Waals surface area contributed by atoms with E-state index < -0.39 is 0 Å². The van der Waals surface area contributed by atoms with Crippen molar-refractivity contribution >= 4 is 0 Å². The molecule has 4 nitrogen and oxygen atoms in total. The molecule has 3 N–H and O–H groups in total. The van der Waals surface area contributed by atoms with E-state index in [9.17, 15) is 5.11 Å². The lowest BCUT2D eigenvalue weighted by molar-refractivity contribution is 0.0922. The van der Waals surface area contributed by atoms with Gasteiger partial charge in [0, 0.05) is 12.6 Å². The summed E-state index contributed by atoms with van der Waals surface area (Å²) in [5.41, 5.74) is 2.54. The molecule has 1 aromatic rings. The summed E-state index contributed by atoms with van der Waals surface area (Å²) in [5, 5.41) is 21.6. The molecule has 1 aliphatic rings. The zero-order valence-electron chi connectivity index (χ0n) is 10.6. The summed E-state index contributed by atoms with van der Waals surface area (Å²) in [7, 11) is 0. The predicted molar refractivity (Wildman–Crippen MR) is 69.7 cm³/mol. The Morgan fingerprint density at radius 3 is 3.06 bits per heavy atom. The molecule has 100 valence electrons. The van der Waals surface area contributed by atoms with Gasteiger partial charge < -0.3 is 20.3 Å². The molecule has 0 saturated heterocycles. The van der Waals surface area contributed by atoms with Gasteiger partial charge in [-0.2, -0.15) is 0 Å². The number of nitrogens with one attached hydrogen (secondary N) is 1. The third kappa shape index (κ3) is 3.45. The van der Waals surface area contributed by atoms with Crippen molar-refractivity contribution in [2.24, 2.45) is 0 Å². The van der Waals surface area contributed by atoms with Crippen LogP contribution < -0.4 is 5.32 Å². The molecule has 0 saturated carbocycles. The van der Waals surface area contributed by atoms with Crippen LogP contribution in [0.25, 0.3) is 0 Å². The van der Waals surface area contributed by atoms with E-state index in [-0.39, 0.29) is 6.61 Å². The van der Waals surface area contributed by atoms with Crippen LogP contribution in [0.1, 0.15) is 30.0 Å². The molecule has 0 aliphatic heterocycles. The van der Waals surface area contributed by atoms with Gasteiger partial charge in [-0.3, -0.25) is 0 Å². The second-order valence-corrected chi connectivity index (χ2v) is 4.62. The molecule has 1 aromatic carbocycles. The molecule has 0 amide bonds. The van der Waals surface area contributed by atoms with Crippen molar-refractivity contribution in [2.45, 2.75) is 25.3 Å². The van der Waals surface area contributed by atoms with Gasteiger partial charge in [0.15, 0.2) is 0 Å². The van der Waals surface area contributed by atoms with Gasteiger partial charge in [0.05, 0.1) is 19.8 Å². The molecular weight excluding hydrogens is 230 g/mol. The highest BCUT2D eigenvalue weighted by Crippen LogP contribution is 2.31. The Morgan fingerprint density at radius 1 is 1.33 bits per heavy atom. The second kappa shape index (κ2) is 6.73. The smallest absolute Gasteiger partial charge is 0.115 e. The number of aromatic hydroxyl groups is 1. The van der Waals surface area contributed by atoms with E-state index in [1.165, 1.54) is 11.1 Å². The van der Waals surface area contributed by atoms with E-state index in [4.69, 9.17) is 9.84 Å². The topological polar surface area (TPSA) is 61.7 Å². The summed E-state index contributed by atoms with van der Waals surface area (Å²) >= 11 is 0. The normalized spacial score (nSPS) is 18.6. The Bertz CT molecular complexity index is 381. The minimum absolute atomic E-state index is 0.0749. The first-order chi connectivity index (χ1) is 8.81. The molecule has 0 fully saturated rings. The molecule has 0 spiro atoms. The fourth-order valence-electron chi connectivity index (χ4n) is 2.48. The van der Waals surface area contributed by atoms with Crippen molar-refractivity contribution in [3.63, 3.8) is 0 Å². The van der Waals surface area contributed by atoms with Gasteiger partial charge in [-0.1, -0.05) is 6.07 Å². The Kier molecular flexibility index (Phi) is 4.99. The Balaban J connectivity index is 1.88. The van der Waals surface area contributed by atoms with E-state index in [2.05, 4.69) is 5.32 Å². The number of aliphatic hydroxyl groups excluding tert-OH is 1. The van der Waals surface area contributed by atoms with E-state index in [0.29, 0.717) is 25.0 Å². The lowest BCUT2D eigenvalue weighted by atomic mass is 9.87. The van der Waals surface area contributed by atoms with Gasteiger partial charge in [0.1, 0.15) is 5.75 Å². The van der Waals surface area contributed by atoms with Crippen molar-refractivity contribution < 1.29 is 14.9 Å². The number of benzene rings is 1. The molecular formula is C14H21NO3. The van der Waals surface area contributed by atoms with E-state index >= 15 is 0 Å². The van der Waals surface area contributed by atoms with Crippen LogP contribution >= 0.6 is 0 Å². The second-order valence-electron chi connectivity index (χ2n) is 4.62. The third-order valence-electron chi connectivity index (χ3n) is 3.31. The van der Waals surface area contributed by atoms with Gasteiger partial charge in [0.25, 0.3) is 0 Å². The molecule has 0 aromatic heterocycles. The average Bonchev–Trinajstić information content (AvgIpc) is 2.38. The number of aryl methyl sites for hydroxylation is 1. The molecule has 0 heterocycles. The Labute approximate surface area is 108 Å². The fraction of sp³-hybridized carbons (Fsp3) is 0.571. The highest BCUT2D eigenvalue weighted by atomic mass is 16.5. The minimum atomic E-state index is 0.0749. The molecule has 1 atom stereocenters. The summed E-state index contributed by atoms with van der Waals surface area (Å²) in [6.45, 7) is 1.87. The minimum Gasteiger partial charge on any atom is -0.508 e. The van der Waals surface area contributed by atoms with Crippen LogP contribution in [-0.4, -0.2) is 36.6 Å². The van der Waals surface area contributed by atoms with Crippen molar-refractivity contribution in [3.05, 3.63) is 29.3 Å². The number of hydrogen-bond acceptors (Lipinski definition) is 4. The number of rotatable bonds is 6. The summed E-state index contributed by atoms with van der Waals surface area (Å²) < 4.78 is 5.23. The van der Waals surface area contributed by atoms with Crippen LogP contribution in [0.2, 0.25) is 0 Å². The van der Waals surface area contributed by atoms with Gasteiger partial charge >= 0.3 is 0 Å². The molecule has 18 heavy (non-hydrogen) atoms. The summed E-state index contributed by atoms with van der Waals surface area (Å²) in [6.07, 6.45) is 3.31. The molecule has 0 radical (unpaired) electrons. The SMILES string of the molecule is OCCOCCNC1CCCc2cc(O)ccc21. The first-order valence-electron chi connectivity index (χ1n) is 6.55. The molecule has 2 rings (SSSR count). The molecule has 1 aliphatic carbocycles. The van der Waals surface area contributed by atoms with Crippen LogP contribution in [0.3, 0.4) is 0 Å². The van der Waals surface area contributed by atoms with Gasteiger partial charge in [-0.25, -0.2) is 0 Å². The third-order valence-corrected chi connectivity index (χ3v) is 3.31. The number of phenolic OH excluding ortho intramolecular Hbond substituents is 1. The Hall–Kier alpha value is -1.10.